The van der Waals surface area contributed by atoms with Gasteiger partial charge in [0, 0.05) is 10.6 Å². The van der Waals surface area contributed by atoms with Crippen LogP contribution in [0.25, 0.3) is 0 Å². The third-order valence-corrected chi connectivity index (χ3v) is 3.83. The molecule has 0 bridgehead atoms. The minimum Gasteiger partial charge on any atom is -0.368 e. The molecule has 0 aliphatic carbocycles. The fourth-order valence-electron chi connectivity index (χ4n) is 1.83. The van der Waals surface area contributed by atoms with Crippen molar-refractivity contribution >= 4 is 63.7 Å². The Bertz CT molecular complexity index is 635. The fourth-order valence-corrected chi connectivity index (χ4v) is 2.45. The maximum atomic E-state index is 6.10. The van der Waals surface area contributed by atoms with Crippen LogP contribution >= 0.6 is 51.8 Å². The minimum absolute atomic E-state index is 0. The summed E-state index contributed by atoms with van der Waals surface area (Å²) in [6.45, 7) is 3.71. The average Bonchev–Trinajstić information content (AvgIpc) is 2.32. The monoisotopic (exact) mass is 429 g/mol. The van der Waals surface area contributed by atoms with Crippen LogP contribution < -0.4 is 11.5 Å². The van der Waals surface area contributed by atoms with Gasteiger partial charge in [0.15, 0.2) is 5.66 Å². The highest BCUT2D eigenvalue weighted by molar-refractivity contribution is 8.93. The summed E-state index contributed by atoms with van der Waals surface area (Å²) in [5.41, 5.74) is 11.3. The zero-order chi connectivity index (χ0) is 15.8. The Balaban J connectivity index is 0.00000242. The lowest BCUT2D eigenvalue weighted by Gasteiger charge is -2.36. The third-order valence-electron chi connectivity index (χ3n) is 2.76. The smallest absolute Gasteiger partial charge is 0.226 e. The van der Waals surface area contributed by atoms with Gasteiger partial charge in [-0.2, -0.15) is 10.1 Å². The Morgan fingerprint density at radius 2 is 1.73 bits per heavy atom. The first-order chi connectivity index (χ1) is 9.70. The number of hydrogen-bond donors (Lipinski definition) is 2. The van der Waals surface area contributed by atoms with Crippen molar-refractivity contribution in [2.75, 3.05) is 0 Å². The summed E-state index contributed by atoms with van der Waals surface area (Å²) in [6.07, 6.45) is 0. The summed E-state index contributed by atoms with van der Waals surface area (Å²) in [5, 5.41) is 2.57. The van der Waals surface area contributed by atoms with Crippen LogP contribution in [-0.2, 0) is 11.4 Å². The highest BCUT2D eigenvalue weighted by atomic mass is 79.9. The van der Waals surface area contributed by atoms with Gasteiger partial charge in [-0.05, 0) is 26.0 Å². The zero-order valence-electron chi connectivity index (χ0n) is 11.8. The van der Waals surface area contributed by atoms with Crippen LogP contribution in [0.1, 0.15) is 19.4 Å². The molecule has 22 heavy (non-hydrogen) atoms. The van der Waals surface area contributed by atoms with E-state index in [2.05, 4.69) is 9.98 Å². The second-order valence-corrected chi connectivity index (χ2v) is 6.08. The Kier molecular flexibility index (Phi) is 6.35. The second-order valence-electron chi connectivity index (χ2n) is 4.86. The number of hydrogen-bond acceptors (Lipinski definition) is 6. The van der Waals surface area contributed by atoms with Crippen molar-refractivity contribution in [3.8, 4) is 0 Å². The van der Waals surface area contributed by atoms with E-state index in [4.69, 9.17) is 51.1 Å². The van der Waals surface area contributed by atoms with Gasteiger partial charge < -0.3 is 11.5 Å². The molecule has 0 unspecified atom stereocenters. The van der Waals surface area contributed by atoms with Crippen LogP contribution in [0.3, 0.4) is 0 Å². The van der Waals surface area contributed by atoms with Gasteiger partial charge in [-0.3, -0.25) is 4.84 Å². The van der Waals surface area contributed by atoms with Gasteiger partial charge >= 0.3 is 0 Å². The summed E-state index contributed by atoms with van der Waals surface area (Å²) < 4.78 is 0. The quantitative estimate of drug-likeness (QED) is 0.719. The first kappa shape index (κ1) is 19.3. The summed E-state index contributed by atoms with van der Waals surface area (Å²) in [5.74, 6) is 0.216. The molecule has 122 valence electrons. The third kappa shape index (κ3) is 4.17. The molecule has 1 aliphatic rings. The molecule has 0 fully saturated rings. The van der Waals surface area contributed by atoms with E-state index in [0.29, 0.717) is 20.6 Å². The van der Waals surface area contributed by atoms with Gasteiger partial charge in [0.25, 0.3) is 0 Å². The number of aliphatic imine (C=N–C) groups is 2. The lowest BCUT2D eigenvalue weighted by molar-refractivity contribution is -0.166. The largest absolute Gasteiger partial charge is 0.368 e. The Labute approximate surface area is 153 Å². The van der Waals surface area contributed by atoms with Crippen LogP contribution in [-0.4, -0.2) is 22.6 Å². The van der Waals surface area contributed by atoms with Crippen molar-refractivity contribution in [2.24, 2.45) is 21.5 Å². The van der Waals surface area contributed by atoms with E-state index in [0.717, 1.165) is 0 Å². The average molecular weight is 432 g/mol. The van der Waals surface area contributed by atoms with Crippen LogP contribution in [0, 0.1) is 0 Å². The van der Waals surface area contributed by atoms with E-state index in [1.807, 2.05) is 0 Å². The first-order valence-electron chi connectivity index (χ1n) is 5.97. The normalized spacial score (nSPS) is 16.7. The van der Waals surface area contributed by atoms with Gasteiger partial charge in [0.05, 0.1) is 10.0 Å². The van der Waals surface area contributed by atoms with E-state index in [9.17, 15) is 0 Å². The van der Waals surface area contributed by atoms with Gasteiger partial charge in [-0.15, -0.1) is 17.0 Å². The molecule has 6 nitrogen and oxygen atoms in total. The molecular formula is C12H15BrCl3N5O. The lowest BCUT2D eigenvalue weighted by Crippen LogP contribution is -2.53. The minimum atomic E-state index is -0.779. The predicted octanol–water partition coefficient (Wildman–Crippen LogP) is 3.34. The molecule has 1 aromatic carbocycles. The Morgan fingerprint density at radius 3 is 2.32 bits per heavy atom. The van der Waals surface area contributed by atoms with Crippen molar-refractivity contribution in [3.63, 3.8) is 0 Å². The van der Waals surface area contributed by atoms with E-state index >= 15 is 0 Å². The van der Waals surface area contributed by atoms with Crippen molar-refractivity contribution in [1.82, 2.24) is 5.06 Å². The molecule has 1 aliphatic heterocycles. The summed E-state index contributed by atoms with van der Waals surface area (Å²) in [6, 6.07) is 3.19. The van der Waals surface area contributed by atoms with E-state index in [1.54, 1.807) is 26.0 Å². The number of hydroxylamine groups is 2. The number of halogens is 4. The van der Waals surface area contributed by atoms with Gasteiger partial charge in [0.1, 0.15) is 6.61 Å². The fraction of sp³-hybridized carbons (Fsp3) is 0.333. The number of nitrogens with two attached hydrogens (primary N) is 2. The SMILES string of the molecule is Br.CC1(C)N=C(N)N=C(N)N1OCc1cc(Cl)c(Cl)cc1Cl. The maximum Gasteiger partial charge on any atom is 0.226 e. The number of nitrogens with zero attached hydrogens (tertiary/aromatic N) is 3. The first-order valence-corrected chi connectivity index (χ1v) is 7.10. The molecule has 2 rings (SSSR count). The summed E-state index contributed by atoms with van der Waals surface area (Å²) in [4.78, 5) is 13.7. The zero-order valence-corrected chi connectivity index (χ0v) is 15.8. The molecule has 0 radical (unpaired) electrons. The molecule has 4 N–H and O–H groups in total. The van der Waals surface area contributed by atoms with Crippen LogP contribution in [0.2, 0.25) is 15.1 Å². The number of benzene rings is 1. The molecule has 0 saturated heterocycles. The molecule has 1 heterocycles. The van der Waals surface area contributed by atoms with Crippen molar-refractivity contribution < 1.29 is 4.84 Å². The second kappa shape index (κ2) is 7.23. The summed E-state index contributed by atoms with van der Waals surface area (Å²) >= 11 is 17.9. The molecule has 0 saturated carbocycles. The Hall–Kier alpha value is -0.730. The maximum absolute atomic E-state index is 6.10. The predicted molar refractivity (Wildman–Crippen MR) is 95.7 cm³/mol. The number of guanidine groups is 2. The van der Waals surface area contributed by atoms with Crippen LogP contribution in [0.15, 0.2) is 22.1 Å². The molecule has 0 amide bonds. The molecule has 0 aromatic heterocycles. The highest BCUT2D eigenvalue weighted by Crippen LogP contribution is 2.30. The van der Waals surface area contributed by atoms with E-state index < -0.39 is 5.66 Å². The van der Waals surface area contributed by atoms with Gasteiger partial charge in [-0.25, -0.2) is 4.99 Å². The summed E-state index contributed by atoms with van der Waals surface area (Å²) in [7, 11) is 0. The highest BCUT2D eigenvalue weighted by Gasteiger charge is 2.33. The van der Waals surface area contributed by atoms with E-state index in [-0.39, 0.29) is 35.5 Å². The molecule has 1 aromatic rings. The number of rotatable bonds is 3. The van der Waals surface area contributed by atoms with Gasteiger partial charge in [-0.1, -0.05) is 34.8 Å². The lowest BCUT2D eigenvalue weighted by atomic mass is 10.2. The van der Waals surface area contributed by atoms with Crippen LogP contribution in [0.5, 0.6) is 0 Å². The molecular weight excluding hydrogens is 416 g/mol. The molecule has 0 spiro atoms. The van der Waals surface area contributed by atoms with Gasteiger partial charge in [0.2, 0.25) is 11.9 Å². The van der Waals surface area contributed by atoms with Crippen molar-refractivity contribution in [1.29, 1.82) is 0 Å². The van der Waals surface area contributed by atoms with Crippen LogP contribution in [0.4, 0.5) is 0 Å². The molecule has 10 heteroatoms. The van der Waals surface area contributed by atoms with Crippen molar-refractivity contribution in [3.05, 3.63) is 32.8 Å². The molecule has 0 atom stereocenters. The topological polar surface area (TPSA) is 89.2 Å². The Morgan fingerprint density at radius 1 is 1.14 bits per heavy atom. The van der Waals surface area contributed by atoms with Crippen molar-refractivity contribution in [2.45, 2.75) is 26.1 Å². The van der Waals surface area contributed by atoms with E-state index in [1.165, 1.54) is 5.06 Å². The standard InChI is InChI=1S/C12H14Cl3N5O.BrH/c1-12(2)19-10(16)18-11(17)20(12)21-5-6-3-8(14)9(15)4-7(6)13;/h3-4H,5H2,1-2H3,(H4,16,17,18,19);1H.